The Morgan fingerprint density at radius 3 is 2.68 bits per heavy atom. The SMILES string of the molecule is Cc1cccc(-c2ccc3c(c2)CC(C(=O)N(C)c2nc(C)c(SN)s2)C3)n1. The maximum atomic E-state index is 13.1. The lowest BCUT2D eigenvalue weighted by Crippen LogP contribution is -2.33. The molecular formula is C21H22N4OS2. The van der Waals surface area contributed by atoms with Gasteiger partial charge in [-0.1, -0.05) is 29.5 Å². The van der Waals surface area contributed by atoms with Gasteiger partial charge < -0.3 is 0 Å². The summed E-state index contributed by atoms with van der Waals surface area (Å²) in [7, 11) is 1.80. The van der Waals surface area contributed by atoms with E-state index in [1.165, 1.54) is 34.4 Å². The fraction of sp³-hybridized carbons (Fsp3) is 0.286. The molecule has 1 aromatic carbocycles. The van der Waals surface area contributed by atoms with Crippen LogP contribution in [0.2, 0.25) is 0 Å². The third-order valence-corrected chi connectivity index (χ3v) is 7.22. The minimum Gasteiger partial charge on any atom is -0.291 e. The van der Waals surface area contributed by atoms with Gasteiger partial charge in [0.1, 0.15) is 0 Å². The van der Waals surface area contributed by atoms with Crippen LogP contribution in [0, 0.1) is 19.8 Å². The van der Waals surface area contributed by atoms with E-state index in [-0.39, 0.29) is 11.8 Å². The first-order valence-electron chi connectivity index (χ1n) is 9.14. The Bertz CT molecular complexity index is 1050. The van der Waals surface area contributed by atoms with Gasteiger partial charge in [0, 0.05) is 24.2 Å². The van der Waals surface area contributed by atoms with Gasteiger partial charge in [-0.2, -0.15) is 0 Å². The lowest BCUT2D eigenvalue weighted by molar-refractivity contribution is -0.121. The minimum absolute atomic E-state index is 0.0566. The lowest BCUT2D eigenvalue weighted by atomic mass is 10.0. The number of aromatic nitrogens is 2. The molecule has 1 unspecified atom stereocenters. The average molecular weight is 411 g/mol. The van der Waals surface area contributed by atoms with Crippen molar-refractivity contribution in [3.8, 4) is 11.3 Å². The molecule has 0 saturated heterocycles. The number of rotatable bonds is 4. The summed E-state index contributed by atoms with van der Waals surface area (Å²) < 4.78 is 0.944. The third-order valence-electron chi connectivity index (χ3n) is 5.14. The van der Waals surface area contributed by atoms with Crippen LogP contribution in [0.25, 0.3) is 11.3 Å². The van der Waals surface area contributed by atoms with Crippen molar-refractivity contribution in [3.05, 3.63) is 58.9 Å². The quantitative estimate of drug-likeness (QED) is 0.654. The second-order valence-electron chi connectivity index (χ2n) is 7.14. The number of benzene rings is 1. The van der Waals surface area contributed by atoms with Gasteiger partial charge in [0.2, 0.25) is 5.91 Å². The van der Waals surface area contributed by atoms with Crippen LogP contribution in [-0.4, -0.2) is 22.9 Å². The Morgan fingerprint density at radius 1 is 1.18 bits per heavy atom. The molecule has 4 rings (SSSR count). The molecule has 28 heavy (non-hydrogen) atoms. The zero-order valence-corrected chi connectivity index (χ0v) is 17.7. The second-order valence-corrected chi connectivity index (χ2v) is 9.02. The predicted octanol–water partition coefficient (Wildman–Crippen LogP) is 4.17. The van der Waals surface area contributed by atoms with Crippen molar-refractivity contribution in [1.29, 1.82) is 0 Å². The van der Waals surface area contributed by atoms with Crippen molar-refractivity contribution in [2.45, 2.75) is 30.9 Å². The number of nitrogens with zero attached hydrogens (tertiary/aromatic N) is 3. The zero-order valence-electron chi connectivity index (χ0n) is 16.1. The molecule has 2 N–H and O–H groups in total. The molecule has 1 amide bonds. The summed E-state index contributed by atoms with van der Waals surface area (Å²) in [6.45, 7) is 3.91. The molecule has 0 spiro atoms. The fourth-order valence-corrected chi connectivity index (χ4v) is 5.05. The molecule has 0 fully saturated rings. The fourth-order valence-electron chi connectivity index (χ4n) is 3.65. The van der Waals surface area contributed by atoms with Gasteiger partial charge in [-0.3, -0.25) is 19.8 Å². The molecule has 3 aromatic rings. The molecule has 1 aliphatic carbocycles. The van der Waals surface area contributed by atoms with E-state index in [1.54, 1.807) is 11.9 Å². The number of hydrogen-bond donors (Lipinski definition) is 1. The average Bonchev–Trinajstić information content (AvgIpc) is 3.29. The van der Waals surface area contributed by atoms with Gasteiger partial charge in [0.05, 0.1) is 15.6 Å². The van der Waals surface area contributed by atoms with Crippen molar-refractivity contribution < 1.29 is 4.79 Å². The van der Waals surface area contributed by atoms with E-state index in [0.717, 1.165) is 39.7 Å². The number of hydrogen-bond acceptors (Lipinski definition) is 6. The molecule has 0 radical (unpaired) electrons. The van der Waals surface area contributed by atoms with E-state index in [4.69, 9.17) is 5.14 Å². The Morgan fingerprint density at radius 2 is 1.96 bits per heavy atom. The van der Waals surface area contributed by atoms with Crippen molar-refractivity contribution in [3.63, 3.8) is 0 Å². The highest BCUT2D eigenvalue weighted by Gasteiger charge is 2.31. The molecule has 1 atom stereocenters. The molecule has 5 nitrogen and oxygen atoms in total. The van der Waals surface area contributed by atoms with Crippen LogP contribution < -0.4 is 10.0 Å². The molecule has 0 bridgehead atoms. The Kier molecular flexibility index (Phi) is 5.23. The number of carbonyl (C=O) groups excluding carboxylic acids is 1. The maximum Gasteiger partial charge on any atom is 0.232 e. The van der Waals surface area contributed by atoms with E-state index in [9.17, 15) is 4.79 Å². The van der Waals surface area contributed by atoms with Crippen LogP contribution in [0.15, 0.2) is 40.6 Å². The van der Waals surface area contributed by atoms with Crippen LogP contribution in [-0.2, 0) is 17.6 Å². The van der Waals surface area contributed by atoms with E-state index in [0.29, 0.717) is 5.13 Å². The van der Waals surface area contributed by atoms with Crippen LogP contribution in [0.5, 0.6) is 0 Å². The number of amides is 1. The topological polar surface area (TPSA) is 72.1 Å². The normalized spacial score (nSPS) is 15.5. The van der Waals surface area contributed by atoms with Crippen LogP contribution in [0.4, 0.5) is 5.13 Å². The van der Waals surface area contributed by atoms with E-state index in [1.807, 2.05) is 32.0 Å². The zero-order chi connectivity index (χ0) is 19.8. The first-order valence-corrected chi connectivity index (χ1v) is 10.8. The largest absolute Gasteiger partial charge is 0.291 e. The standard InChI is InChI=1S/C21H22N4OS2/c1-12-5-4-6-18(23-12)15-8-7-14-9-17(11-16(14)10-15)19(26)25(3)21-24-13(2)20(27-21)28-22/h4-8,10,17H,9,11,22H2,1-3H3. The third kappa shape index (κ3) is 3.57. The van der Waals surface area contributed by atoms with Crippen molar-refractivity contribution >= 4 is 34.3 Å². The van der Waals surface area contributed by atoms with Crippen molar-refractivity contribution in [2.75, 3.05) is 11.9 Å². The highest BCUT2D eigenvalue weighted by atomic mass is 32.2. The number of anilines is 1. The van der Waals surface area contributed by atoms with Crippen LogP contribution >= 0.6 is 23.3 Å². The van der Waals surface area contributed by atoms with E-state index < -0.39 is 0 Å². The first kappa shape index (κ1) is 19.1. The molecule has 7 heteroatoms. The molecular weight excluding hydrogens is 388 g/mol. The highest BCUT2D eigenvalue weighted by Crippen LogP contribution is 2.35. The molecule has 0 aliphatic heterocycles. The summed E-state index contributed by atoms with van der Waals surface area (Å²) in [5, 5.41) is 6.37. The Hall–Kier alpha value is -2.22. The summed E-state index contributed by atoms with van der Waals surface area (Å²) in [4.78, 5) is 23.9. The first-order chi connectivity index (χ1) is 13.5. The molecule has 0 saturated carbocycles. The number of fused-ring (bicyclic) bond motifs is 1. The number of nitrogens with two attached hydrogens (primary N) is 1. The Balaban J connectivity index is 1.53. The van der Waals surface area contributed by atoms with E-state index in [2.05, 4.69) is 28.2 Å². The highest BCUT2D eigenvalue weighted by molar-refractivity contribution is 7.99. The van der Waals surface area contributed by atoms with Gasteiger partial charge in [-0.05, 0) is 68.0 Å². The Labute approximate surface area is 173 Å². The van der Waals surface area contributed by atoms with Gasteiger partial charge in [0.15, 0.2) is 5.13 Å². The summed E-state index contributed by atoms with van der Waals surface area (Å²) in [5.41, 5.74) is 6.43. The van der Waals surface area contributed by atoms with Crippen LogP contribution in [0.3, 0.4) is 0 Å². The minimum atomic E-state index is -0.0566. The van der Waals surface area contributed by atoms with Crippen molar-refractivity contribution in [1.82, 2.24) is 9.97 Å². The monoisotopic (exact) mass is 410 g/mol. The summed E-state index contributed by atoms with van der Waals surface area (Å²) >= 11 is 2.64. The van der Waals surface area contributed by atoms with Gasteiger partial charge in [-0.25, -0.2) is 4.98 Å². The summed E-state index contributed by atoms with van der Waals surface area (Å²) in [5.74, 6) is 0.0488. The predicted molar refractivity (Wildman–Crippen MR) is 116 cm³/mol. The number of aryl methyl sites for hydroxylation is 2. The van der Waals surface area contributed by atoms with Gasteiger partial charge in [0.25, 0.3) is 0 Å². The molecule has 2 heterocycles. The lowest BCUT2D eigenvalue weighted by Gasteiger charge is -2.18. The maximum absolute atomic E-state index is 13.1. The number of pyridine rings is 1. The smallest absolute Gasteiger partial charge is 0.232 e. The van der Waals surface area contributed by atoms with Crippen molar-refractivity contribution in [2.24, 2.45) is 11.1 Å². The number of carbonyl (C=O) groups is 1. The van der Waals surface area contributed by atoms with Gasteiger partial charge >= 0.3 is 0 Å². The molecule has 2 aromatic heterocycles. The summed E-state index contributed by atoms with van der Waals surface area (Å²) in [6, 6.07) is 12.5. The van der Waals surface area contributed by atoms with Crippen LogP contribution in [0.1, 0.15) is 22.5 Å². The van der Waals surface area contributed by atoms with E-state index >= 15 is 0 Å². The van der Waals surface area contributed by atoms with Gasteiger partial charge in [-0.15, -0.1) is 0 Å². The number of thiazole rings is 1. The summed E-state index contributed by atoms with van der Waals surface area (Å²) in [6.07, 6.45) is 1.52. The molecule has 1 aliphatic rings. The molecule has 144 valence electrons. The second kappa shape index (κ2) is 7.66.